The summed E-state index contributed by atoms with van der Waals surface area (Å²) in [6.45, 7) is -0.488. The Labute approximate surface area is 179 Å². The predicted octanol–water partition coefficient (Wildman–Crippen LogP) is 4.33. The molecule has 144 valence electrons. The highest BCUT2D eigenvalue weighted by atomic mass is 79.9. The molecule has 0 spiro atoms. The topological polar surface area (TPSA) is 76.1 Å². The number of halogens is 1. The number of nitrogens with zero attached hydrogens (tertiary/aromatic N) is 1. The van der Waals surface area contributed by atoms with Crippen LogP contribution in [0.2, 0.25) is 0 Å². The number of carboxylic acid groups (broad SMARTS) is 1. The molecule has 0 saturated carbocycles. The SMILES string of the molecule is COc1cc(/C=C2/SC(=S)N(c3ccccc3)C2=O)c(Br)cc1OCC(=O)O. The fourth-order valence-corrected chi connectivity index (χ4v) is 4.21. The maximum Gasteiger partial charge on any atom is 0.341 e. The van der Waals surface area contributed by atoms with Gasteiger partial charge in [-0.1, -0.05) is 58.1 Å². The summed E-state index contributed by atoms with van der Waals surface area (Å²) in [7, 11) is 1.45. The highest BCUT2D eigenvalue weighted by Gasteiger charge is 2.33. The standard InChI is InChI=1S/C19H14BrNO5S2/c1-25-14-7-11(13(20)9-15(14)26-10-17(22)23)8-16-18(24)21(19(27)28-16)12-5-3-2-4-6-12/h2-9H,10H2,1H3,(H,22,23)/b16-8+. The molecule has 0 aliphatic carbocycles. The summed E-state index contributed by atoms with van der Waals surface area (Å²) >= 11 is 10.0. The molecule has 1 aliphatic rings. The van der Waals surface area contributed by atoms with E-state index in [-0.39, 0.29) is 11.7 Å². The number of amides is 1. The lowest BCUT2D eigenvalue weighted by molar-refractivity contribution is -0.139. The highest BCUT2D eigenvalue weighted by molar-refractivity contribution is 9.10. The number of hydrogen-bond donors (Lipinski definition) is 1. The minimum absolute atomic E-state index is 0.210. The van der Waals surface area contributed by atoms with Crippen LogP contribution in [-0.2, 0) is 9.59 Å². The quantitative estimate of drug-likeness (QED) is 0.487. The Morgan fingerprint density at radius 1 is 1.29 bits per heavy atom. The molecule has 1 amide bonds. The molecule has 6 nitrogen and oxygen atoms in total. The fraction of sp³-hybridized carbons (Fsp3) is 0.105. The summed E-state index contributed by atoms with van der Waals surface area (Å²) in [5, 5.41) is 8.78. The molecule has 0 radical (unpaired) electrons. The number of carbonyl (C=O) groups excluding carboxylic acids is 1. The number of aliphatic carboxylic acids is 1. The van der Waals surface area contributed by atoms with Gasteiger partial charge in [0.1, 0.15) is 0 Å². The number of carboxylic acids is 1. The maximum absolute atomic E-state index is 12.8. The zero-order valence-corrected chi connectivity index (χ0v) is 17.8. The molecule has 0 unspecified atom stereocenters. The first-order valence-corrected chi connectivity index (χ1v) is 9.97. The molecular formula is C19H14BrNO5S2. The molecule has 2 aromatic carbocycles. The van der Waals surface area contributed by atoms with Crippen LogP contribution in [0, 0.1) is 0 Å². The number of carbonyl (C=O) groups is 2. The molecule has 1 fully saturated rings. The van der Waals surface area contributed by atoms with E-state index in [0.717, 1.165) is 0 Å². The molecule has 0 aromatic heterocycles. The molecular weight excluding hydrogens is 466 g/mol. The van der Waals surface area contributed by atoms with Crippen molar-refractivity contribution in [3.05, 3.63) is 57.4 Å². The maximum atomic E-state index is 12.8. The van der Waals surface area contributed by atoms with Crippen molar-refractivity contribution in [3.63, 3.8) is 0 Å². The molecule has 9 heteroatoms. The van der Waals surface area contributed by atoms with Crippen molar-refractivity contribution in [2.24, 2.45) is 0 Å². The largest absolute Gasteiger partial charge is 0.493 e. The van der Waals surface area contributed by atoms with Gasteiger partial charge in [0, 0.05) is 4.47 Å². The Bertz CT molecular complexity index is 978. The summed E-state index contributed by atoms with van der Waals surface area (Å²) in [5.41, 5.74) is 1.38. The van der Waals surface area contributed by atoms with Crippen LogP contribution in [-0.4, -0.2) is 35.0 Å². The van der Waals surface area contributed by atoms with E-state index < -0.39 is 12.6 Å². The third kappa shape index (κ3) is 4.37. The van der Waals surface area contributed by atoms with Gasteiger partial charge in [0.25, 0.3) is 5.91 Å². The molecule has 1 aliphatic heterocycles. The first-order valence-electron chi connectivity index (χ1n) is 7.96. The van der Waals surface area contributed by atoms with Gasteiger partial charge < -0.3 is 14.6 Å². The average molecular weight is 480 g/mol. The van der Waals surface area contributed by atoms with E-state index in [1.807, 2.05) is 30.3 Å². The minimum Gasteiger partial charge on any atom is -0.493 e. The van der Waals surface area contributed by atoms with Gasteiger partial charge in [-0.25, -0.2) is 4.79 Å². The van der Waals surface area contributed by atoms with Crippen LogP contribution >= 0.6 is 39.9 Å². The van der Waals surface area contributed by atoms with Crippen LogP contribution < -0.4 is 14.4 Å². The van der Waals surface area contributed by atoms with E-state index >= 15 is 0 Å². The molecule has 1 heterocycles. The van der Waals surface area contributed by atoms with Crippen molar-refractivity contribution in [3.8, 4) is 11.5 Å². The number of anilines is 1. The third-order valence-corrected chi connectivity index (χ3v) is 5.72. The van der Waals surface area contributed by atoms with Gasteiger partial charge >= 0.3 is 5.97 Å². The summed E-state index contributed by atoms with van der Waals surface area (Å²) in [6, 6.07) is 12.5. The zero-order chi connectivity index (χ0) is 20.3. The number of hydrogen-bond acceptors (Lipinski definition) is 6. The number of benzene rings is 2. The zero-order valence-electron chi connectivity index (χ0n) is 14.5. The fourth-order valence-electron chi connectivity index (χ4n) is 2.48. The van der Waals surface area contributed by atoms with E-state index in [2.05, 4.69) is 15.9 Å². The van der Waals surface area contributed by atoms with Gasteiger partial charge in [-0.2, -0.15) is 0 Å². The normalized spacial score (nSPS) is 15.2. The van der Waals surface area contributed by atoms with Crippen molar-refractivity contribution >= 4 is 67.9 Å². The van der Waals surface area contributed by atoms with E-state index in [1.165, 1.54) is 23.8 Å². The van der Waals surface area contributed by atoms with Crippen molar-refractivity contribution in [2.45, 2.75) is 0 Å². The average Bonchev–Trinajstić information content (AvgIpc) is 2.95. The number of methoxy groups -OCH3 is 1. The second kappa shape index (κ2) is 8.76. The molecule has 3 rings (SSSR count). The second-order valence-corrected chi connectivity index (χ2v) is 8.09. The lowest BCUT2D eigenvalue weighted by atomic mass is 10.1. The predicted molar refractivity (Wildman–Crippen MR) is 116 cm³/mol. The van der Waals surface area contributed by atoms with Crippen LogP contribution in [0.25, 0.3) is 6.08 Å². The van der Waals surface area contributed by atoms with E-state index in [1.54, 1.807) is 18.2 Å². The second-order valence-electron chi connectivity index (χ2n) is 5.56. The number of rotatable bonds is 6. The van der Waals surface area contributed by atoms with Crippen molar-refractivity contribution < 1.29 is 24.2 Å². The molecule has 1 N–H and O–H groups in total. The monoisotopic (exact) mass is 479 g/mol. The van der Waals surface area contributed by atoms with Gasteiger partial charge in [0.05, 0.1) is 17.7 Å². The van der Waals surface area contributed by atoms with E-state index in [9.17, 15) is 9.59 Å². The van der Waals surface area contributed by atoms with Gasteiger partial charge in [0.2, 0.25) is 0 Å². The lowest BCUT2D eigenvalue weighted by Crippen LogP contribution is -2.27. The van der Waals surface area contributed by atoms with Crippen molar-refractivity contribution in [1.29, 1.82) is 0 Å². The first-order chi connectivity index (χ1) is 13.4. The molecule has 2 aromatic rings. The van der Waals surface area contributed by atoms with Crippen molar-refractivity contribution in [1.82, 2.24) is 0 Å². The van der Waals surface area contributed by atoms with Gasteiger partial charge in [-0.05, 0) is 35.9 Å². The Balaban J connectivity index is 1.92. The van der Waals surface area contributed by atoms with Gasteiger partial charge in [-0.15, -0.1) is 0 Å². The Morgan fingerprint density at radius 3 is 2.64 bits per heavy atom. The Hall–Kier alpha value is -2.36. The van der Waals surface area contributed by atoms with Crippen LogP contribution in [0.1, 0.15) is 5.56 Å². The first kappa shape index (κ1) is 20.4. The molecule has 0 atom stereocenters. The lowest BCUT2D eigenvalue weighted by Gasteiger charge is -2.14. The number of ether oxygens (including phenoxy) is 2. The van der Waals surface area contributed by atoms with Gasteiger partial charge in [0.15, 0.2) is 22.4 Å². The summed E-state index contributed by atoms with van der Waals surface area (Å²) in [5.74, 6) is -0.662. The van der Waals surface area contributed by atoms with Crippen LogP contribution in [0.3, 0.4) is 0 Å². The summed E-state index contributed by atoms with van der Waals surface area (Å²) in [4.78, 5) is 25.5. The smallest absolute Gasteiger partial charge is 0.341 e. The van der Waals surface area contributed by atoms with E-state index in [0.29, 0.717) is 30.7 Å². The van der Waals surface area contributed by atoms with Crippen LogP contribution in [0.5, 0.6) is 11.5 Å². The van der Waals surface area contributed by atoms with Crippen LogP contribution in [0.15, 0.2) is 51.8 Å². The molecule has 28 heavy (non-hydrogen) atoms. The highest BCUT2D eigenvalue weighted by Crippen LogP contribution is 2.39. The number of thiocarbonyl (C=S) groups is 1. The summed E-state index contributed by atoms with van der Waals surface area (Å²) in [6.07, 6.45) is 1.70. The van der Waals surface area contributed by atoms with Gasteiger partial charge in [-0.3, -0.25) is 9.69 Å². The van der Waals surface area contributed by atoms with Crippen molar-refractivity contribution in [2.75, 3.05) is 18.6 Å². The molecule has 1 saturated heterocycles. The third-order valence-electron chi connectivity index (χ3n) is 3.73. The minimum atomic E-state index is -1.09. The summed E-state index contributed by atoms with van der Waals surface area (Å²) < 4.78 is 11.6. The Kier molecular flexibility index (Phi) is 6.38. The number of thioether (sulfide) groups is 1. The van der Waals surface area contributed by atoms with E-state index in [4.69, 9.17) is 26.8 Å². The van der Waals surface area contributed by atoms with Crippen LogP contribution in [0.4, 0.5) is 5.69 Å². The Morgan fingerprint density at radius 2 is 2.00 bits per heavy atom. The number of para-hydroxylation sites is 1. The molecule has 0 bridgehead atoms.